The Bertz CT molecular complexity index is 821. The maximum Gasteiger partial charge on any atom is 0.248 e. The summed E-state index contributed by atoms with van der Waals surface area (Å²) in [5.74, 6) is 1.03. The lowest BCUT2D eigenvalue weighted by molar-refractivity contribution is 0.1000. The summed E-state index contributed by atoms with van der Waals surface area (Å²) in [6, 6.07) is 13.3. The summed E-state index contributed by atoms with van der Waals surface area (Å²) in [5, 5.41) is 6.51. The number of hydrogen-bond donors (Lipinski definition) is 3. The number of carbonyl (C=O) groups is 1. The Hall–Kier alpha value is -3.06. The van der Waals surface area contributed by atoms with Crippen molar-refractivity contribution in [3.05, 3.63) is 64.7 Å². The molecule has 0 unspecified atom stereocenters. The quantitative estimate of drug-likeness (QED) is 0.349. The molecule has 7 nitrogen and oxygen atoms in total. The number of nitrogens with zero attached hydrogens (tertiary/aromatic N) is 1. The highest BCUT2D eigenvalue weighted by atomic mass is 16.5. The van der Waals surface area contributed by atoms with E-state index < -0.39 is 5.91 Å². The highest BCUT2D eigenvalue weighted by Crippen LogP contribution is 2.20. The van der Waals surface area contributed by atoms with Crippen molar-refractivity contribution in [3.8, 4) is 5.75 Å². The van der Waals surface area contributed by atoms with Gasteiger partial charge >= 0.3 is 0 Å². The van der Waals surface area contributed by atoms with Gasteiger partial charge in [-0.05, 0) is 36.2 Å². The number of ether oxygens (including phenoxy) is 2. The standard InChI is InChI=1S/C21H28N4O3/c1-15-7-8-18(19(11-15)28-10-9-27-3)14-25-21(23-2)24-13-16-5-4-6-17(12-16)20(22)26/h4-8,11-12H,9-10,13-14H2,1-3H3,(H2,22,26)(H2,23,24,25). The molecule has 0 bridgehead atoms. The first-order valence-electron chi connectivity index (χ1n) is 9.08. The largest absolute Gasteiger partial charge is 0.491 e. The zero-order chi connectivity index (χ0) is 20.4. The van der Waals surface area contributed by atoms with Crippen molar-refractivity contribution in [1.29, 1.82) is 0 Å². The van der Waals surface area contributed by atoms with Gasteiger partial charge in [-0.1, -0.05) is 24.3 Å². The number of amides is 1. The van der Waals surface area contributed by atoms with Crippen LogP contribution in [0.15, 0.2) is 47.5 Å². The number of hydrogen-bond acceptors (Lipinski definition) is 4. The number of benzene rings is 2. The average Bonchev–Trinajstić information content (AvgIpc) is 2.69. The van der Waals surface area contributed by atoms with Gasteiger partial charge in [0.25, 0.3) is 0 Å². The summed E-state index contributed by atoms with van der Waals surface area (Å²) >= 11 is 0. The third kappa shape index (κ3) is 6.59. The SMILES string of the molecule is CN=C(NCc1cccc(C(N)=O)c1)NCc1ccc(C)cc1OCCOC. The first-order valence-corrected chi connectivity index (χ1v) is 9.08. The molecule has 2 aromatic carbocycles. The number of aryl methyl sites for hydroxylation is 1. The normalized spacial score (nSPS) is 11.2. The maximum absolute atomic E-state index is 11.3. The van der Waals surface area contributed by atoms with E-state index in [-0.39, 0.29) is 0 Å². The van der Waals surface area contributed by atoms with Gasteiger partial charge in [0, 0.05) is 38.4 Å². The lowest BCUT2D eigenvalue weighted by atomic mass is 10.1. The molecule has 0 aliphatic heterocycles. The van der Waals surface area contributed by atoms with Crippen molar-refractivity contribution >= 4 is 11.9 Å². The van der Waals surface area contributed by atoms with E-state index in [1.54, 1.807) is 26.3 Å². The predicted molar refractivity (Wildman–Crippen MR) is 111 cm³/mol. The molecule has 1 amide bonds. The minimum atomic E-state index is -0.440. The molecule has 0 spiro atoms. The number of primary amides is 1. The summed E-state index contributed by atoms with van der Waals surface area (Å²) in [6.07, 6.45) is 0. The Morgan fingerprint density at radius 2 is 1.89 bits per heavy atom. The number of carbonyl (C=O) groups excluding carboxylic acids is 1. The molecule has 0 fully saturated rings. The molecule has 2 rings (SSSR count). The lowest BCUT2D eigenvalue weighted by Crippen LogP contribution is -2.36. The molecule has 2 aromatic rings. The van der Waals surface area contributed by atoms with Gasteiger partial charge in [-0.2, -0.15) is 0 Å². The van der Waals surface area contributed by atoms with Crippen LogP contribution in [0, 0.1) is 6.92 Å². The fraction of sp³-hybridized carbons (Fsp3) is 0.333. The number of nitrogens with one attached hydrogen (secondary N) is 2. The molecule has 150 valence electrons. The molecule has 0 heterocycles. The number of methoxy groups -OCH3 is 1. The smallest absolute Gasteiger partial charge is 0.248 e. The van der Waals surface area contributed by atoms with Crippen LogP contribution in [0.5, 0.6) is 5.75 Å². The van der Waals surface area contributed by atoms with E-state index in [1.165, 1.54) is 0 Å². The van der Waals surface area contributed by atoms with Crippen molar-refractivity contribution in [2.45, 2.75) is 20.0 Å². The fourth-order valence-corrected chi connectivity index (χ4v) is 2.60. The molecule has 7 heteroatoms. The van der Waals surface area contributed by atoms with Gasteiger partial charge in [-0.3, -0.25) is 9.79 Å². The zero-order valence-corrected chi connectivity index (χ0v) is 16.6. The summed E-state index contributed by atoms with van der Waals surface area (Å²) in [4.78, 5) is 15.5. The zero-order valence-electron chi connectivity index (χ0n) is 16.6. The summed E-state index contributed by atoms with van der Waals surface area (Å²) < 4.78 is 10.9. The van der Waals surface area contributed by atoms with Crippen LogP contribution in [0.2, 0.25) is 0 Å². The number of nitrogens with two attached hydrogens (primary N) is 1. The Morgan fingerprint density at radius 3 is 2.61 bits per heavy atom. The van der Waals surface area contributed by atoms with Gasteiger partial charge < -0.3 is 25.8 Å². The van der Waals surface area contributed by atoms with E-state index in [2.05, 4.69) is 15.6 Å². The monoisotopic (exact) mass is 384 g/mol. The summed E-state index contributed by atoms with van der Waals surface area (Å²) in [6.45, 7) is 4.14. The molecular formula is C21H28N4O3. The molecule has 0 radical (unpaired) electrons. The number of aliphatic imine (C=N–C) groups is 1. The van der Waals surface area contributed by atoms with Crippen LogP contribution in [-0.2, 0) is 17.8 Å². The van der Waals surface area contributed by atoms with Gasteiger partial charge in [0.2, 0.25) is 5.91 Å². The summed E-state index contributed by atoms with van der Waals surface area (Å²) in [5.41, 5.74) is 8.92. The Balaban J connectivity index is 1.95. The summed E-state index contributed by atoms with van der Waals surface area (Å²) in [7, 11) is 3.36. The number of rotatable bonds is 9. The van der Waals surface area contributed by atoms with Gasteiger partial charge in [-0.15, -0.1) is 0 Å². The number of guanidine groups is 1. The van der Waals surface area contributed by atoms with Crippen LogP contribution in [-0.4, -0.2) is 39.2 Å². The van der Waals surface area contributed by atoms with Gasteiger partial charge in [-0.25, -0.2) is 0 Å². The van der Waals surface area contributed by atoms with Crippen molar-refractivity contribution in [3.63, 3.8) is 0 Å². The van der Waals surface area contributed by atoms with Crippen LogP contribution in [0.3, 0.4) is 0 Å². The van der Waals surface area contributed by atoms with Crippen molar-refractivity contribution < 1.29 is 14.3 Å². The second-order valence-corrected chi connectivity index (χ2v) is 6.30. The second kappa shape index (κ2) is 10.9. The van der Waals surface area contributed by atoms with Crippen LogP contribution in [0.1, 0.15) is 27.0 Å². The molecule has 0 aromatic heterocycles. The molecule has 4 N–H and O–H groups in total. The lowest BCUT2D eigenvalue weighted by Gasteiger charge is -2.15. The first kappa shape index (κ1) is 21.2. The maximum atomic E-state index is 11.3. The topological polar surface area (TPSA) is 98.0 Å². The third-order valence-electron chi connectivity index (χ3n) is 4.11. The minimum absolute atomic E-state index is 0.440. The molecule has 28 heavy (non-hydrogen) atoms. The third-order valence-corrected chi connectivity index (χ3v) is 4.11. The molecule has 0 aliphatic carbocycles. The highest BCUT2D eigenvalue weighted by Gasteiger charge is 2.07. The van der Waals surface area contributed by atoms with E-state index in [4.69, 9.17) is 15.2 Å². The fourth-order valence-electron chi connectivity index (χ4n) is 2.60. The molecule has 0 aliphatic rings. The molecule has 0 atom stereocenters. The van der Waals surface area contributed by atoms with E-state index in [0.29, 0.717) is 37.8 Å². The van der Waals surface area contributed by atoms with Crippen molar-refractivity contribution in [1.82, 2.24) is 10.6 Å². The van der Waals surface area contributed by atoms with Crippen molar-refractivity contribution in [2.75, 3.05) is 27.4 Å². The van der Waals surface area contributed by atoms with E-state index >= 15 is 0 Å². The second-order valence-electron chi connectivity index (χ2n) is 6.30. The molecule has 0 saturated carbocycles. The minimum Gasteiger partial charge on any atom is -0.491 e. The van der Waals surface area contributed by atoms with Crippen LogP contribution in [0.4, 0.5) is 0 Å². The van der Waals surface area contributed by atoms with E-state index in [1.807, 2.05) is 37.3 Å². The van der Waals surface area contributed by atoms with Crippen LogP contribution < -0.4 is 21.1 Å². The Morgan fingerprint density at radius 1 is 1.11 bits per heavy atom. The molecule has 0 saturated heterocycles. The van der Waals surface area contributed by atoms with Gasteiger partial charge in [0.1, 0.15) is 12.4 Å². The van der Waals surface area contributed by atoms with Crippen molar-refractivity contribution in [2.24, 2.45) is 10.7 Å². The van der Waals surface area contributed by atoms with Crippen LogP contribution >= 0.6 is 0 Å². The van der Waals surface area contributed by atoms with Gasteiger partial charge in [0.15, 0.2) is 5.96 Å². The Labute approximate surface area is 165 Å². The van der Waals surface area contributed by atoms with E-state index in [0.717, 1.165) is 22.4 Å². The Kier molecular flexibility index (Phi) is 8.30. The first-order chi connectivity index (χ1) is 13.5. The average molecular weight is 384 g/mol. The van der Waals surface area contributed by atoms with Crippen LogP contribution in [0.25, 0.3) is 0 Å². The van der Waals surface area contributed by atoms with E-state index in [9.17, 15) is 4.79 Å². The highest BCUT2D eigenvalue weighted by molar-refractivity contribution is 5.92. The predicted octanol–water partition coefficient (Wildman–Crippen LogP) is 1.98. The van der Waals surface area contributed by atoms with Gasteiger partial charge in [0.05, 0.1) is 6.61 Å². The molecular weight excluding hydrogens is 356 g/mol.